The van der Waals surface area contributed by atoms with Gasteiger partial charge < -0.3 is 15.2 Å². The first-order chi connectivity index (χ1) is 8.78. The molecule has 0 heterocycles. The average molecular weight is 265 g/mol. The Kier molecular flexibility index (Phi) is 5.21. The highest BCUT2D eigenvalue weighted by atomic mass is 16.5. The van der Waals surface area contributed by atoms with Gasteiger partial charge in [-0.25, -0.2) is 0 Å². The molecule has 0 atom stereocenters. The Morgan fingerprint density at radius 2 is 2.05 bits per heavy atom. The molecule has 0 spiro atoms. The van der Waals surface area contributed by atoms with Crippen LogP contribution in [0.3, 0.4) is 0 Å². The van der Waals surface area contributed by atoms with Crippen molar-refractivity contribution >= 4 is 11.7 Å². The summed E-state index contributed by atoms with van der Waals surface area (Å²) in [7, 11) is 0. The zero-order valence-corrected chi connectivity index (χ0v) is 12.1. The van der Waals surface area contributed by atoms with Crippen molar-refractivity contribution in [2.24, 2.45) is 0 Å². The average Bonchev–Trinajstić information content (AvgIpc) is 2.24. The molecular formula is C15H23NO3. The van der Waals surface area contributed by atoms with Gasteiger partial charge in [-0.3, -0.25) is 4.79 Å². The summed E-state index contributed by atoms with van der Waals surface area (Å²) < 4.78 is 5.79. The van der Waals surface area contributed by atoms with Gasteiger partial charge in [0.05, 0.1) is 0 Å². The van der Waals surface area contributed by atoms with E-state index < -0.39 is 5.97 Å². The van der Waals surface area contributed by atoms with E-state index in [9.17, 15) is 4.79 Å². The molecule has 0 saturated carbocycles. The molecule has 0 amide bonds. The summed E-state index contributed by atoms with van der Waals surface area (Å²) in [6.07, 6.45) is 0.812. The van der Waals surface area contributed by atoms with Gasteiger partial charge in [0.2, 0.25) is 0 Å². The third-order valence-corrected chi connectivity index (χ3v) is 2.50. The molecule has 0 aromatic heterocycles. The number of aliphatic carboxylic acids is 1. The first-order valence-electron chi connectivity index (χ1n) is 6.53. The standard InChI is InChI=1S/C15H23NO3/c1-11-10-12(19-15(2,3)4)7-8-13(11)16-9-5-6-14(17)18/h7-8,10,16H,5-6,9H2,1-4H3,(H,17,18). The zero-order chi connectivity index (χ0) is 14.5. The lowest BCUT2D eigenvalue weighted by atomic mass is 10.1. The van der Waals surface area contributed by atoms with Crippen LogP contribution in [0.25, 0.3) is 0 Å². The predicted octanol–water partition coefficient (Wildman–Crippen LogP) is 3.45. The first kappa shape index (κ1) is 15.3. The number of nitrogens with one attached hydrogen (secondary N) is 1. The molecule has 0 bridgehead atoms. The van der Waals surface area contributed by atoms with Gasteiger partial charge in [-0.1, -0.05) is 0 Å². The van der Waals surface area contributed by atoms with Crippen molar-refractivity contribution in [3.8, 4) is 5.75 Å². The number of anilines is 1. The van der Waals surface area contributed by atoms with Crippen molar-refractivity contribution in [3.05, 3.63) is 23.8 Å². The first-order valence-corrected chi connectivity index (χ1v) is 6.53. The van der Waals surface area contributed by atoms with Crippen LogP contribution in [-0.4, -0.2) is 23.2 Å². The number of benzene rings is 1. The van der Waals surface area contributed by atoms with E-state index in [2.05, 4.69) is 5.32 Å². The molecular weight excluding hydrogens is 242 g/mol. The highest BCUT2D eigenvalue weighted by Gasteiger charge is 2.12. The summed E-state index contributed by atoms with van der Waals surface area (Å²) in [4.78, 5) is 10.4. The van der Waals surface area contributed by atoms with E-state index in [0.29, 0.717) is 13.0 Å². The van der Waals surface area contributed by atoms with Gasteiger partial charge in [-0.05, 0) is 57.9 Å². The molecule has 19 heavy (non-hydrogen) atoms. The summed E-state index contributed by atoms with van der Waals surface area (Å²) >= 11 is 0. The third kappa shape index (κ3) is 6.13. The highest BCUT2D eigenvalue weighted by molar-refractivity contribution is 5.66. The molecule has 0 radical (unpaired) electrons. The normalized spacial score (nSPS) is 11.2. The maximum Gasteiger partial charge on any atom is 0.303 e. The van der Waals surface area contributed by atoms with Gasteiger partial charge >= 0.3 is 5.97 Å². The third-order valence-electron chi connectivity index (χ3n) is 2.50. The molecule has 1 aromatic carbocycles. The van der Waals surface area contributed by atoms with Crippen LogP contribution < -0.4 is 10.1 Å². The fraction of sp³-hybridized carbons (Fsp3) is 0.533. The van der Waals surface area contributed by atoms with Crippen LogP contribution in [0.1, 0.15) is 39.2 Å². The quantitative estimate of drug-likeness (QED) is 0.773. The molecule has 106 valence electrons. The Hall–Kier alpha value is -1.71. The van der Waals surface area contributed by atoms with E-state index in [-0.39, 0.29) is 12.0 Å². The molecule has 0 unspecified atom stereocenters. The van der Waals surface area contributed by atoms with Crippen molar-refractivity contribution in [3.63, 3.8) is 0 Å². The van der Waals surface area contributed by atoms with Crippen LogP contribution in [0.15, 0.2) is 18.2 Å². The molecule has 2 N–H and O–H groups in total. The fourth-order valence-corrected chi connectivity index (χ4v) is 1.71. The Balaban J connectivity index is 2.55. The van der Waals surface area contributed by atoms with Crippen LogP contribution in [0, 0.1) is 6.92 Å². The van der Waals surface area contributed by atoms with Gasteiger partial charge in [0.1, 0.15) is 11.4 Å². The lowest BCUT2D eigenvalue weighted by molar-refractivity contribution is -0.137. The van der Waals surface area contributed by atoms with Crippen molar-refractivity contribution in [1.82, 2.24) is 0 Å². The van der Waals surface area contributed by atoms with Crippen molar-refractivity contribution in [2.45, 2.75) is 46.1 Å². The molecule has 1 aromatic rings. The minimum Gasteiger partial charge on any atom is -0.488 e. The number of carboxylic acids is 1. The maximum atomic E-state index is 10.4. The number of rotatable bonds is 6. The largest absolute Gasteiger partial charge is 0.488 e. The van der Waals surface area contributed by atoms with E-state index >= 15 is 0 Å². The maximum absolute atomic E-state index is 10.4. The minimum absolute atomic E-state index is 0.192. The monoisotopic (exact) mass is 265 g/mol. The molecule has 4 heteroatoms. The van der Waals surface area contributed by atoms with Crippen molar-refractivity contribution in [1.29, 1.82) is 0 Å². The van der Waals surface area contributed by atoms with Gasteiger partial charge in [-0.15, -0.1) is 0 Å². The van der Waals surface area contributed by atoms with E-state index in [0.717, 1.165) is 17.0 Å². The SMILES string of the molecule is Cc1cc(OC(C)(C)C)ccc1NCCCC(=O)O. The van der Waals surface area contributed by atoms with Crippen LogP contribution in [-0.2, 0) is 4.79 Å². The summed E-state index contributed by atoms with van der Waals surface area (Å²) in [5, 5.41) is 11.8. The van der Waals surface area contributed by atoms with E-state index in [4.69, 9.17) is 9.84 Å². The second kappa shape index (κ2) is 6.45. The molecule has 0 aliphatic heterocycles. The number of hydrogen-bond acceptors (Lipinski definition) is 3. The van der Waals surface area contributed by atoms with Gasteiger partial charge in [0, 0.05) is 18.7 Å². The fourth-order valence-electron chi connectivity index (χ4n) is 1.71. The van der Waals surface area contributed by atoms with Crippen molar-refractivity contribution in [2.75, 3.05) is 11.9 Å². The van der Waals surface area contributed by atoms with Gasteiger partial charge in [0.25, 0.3) is 0 Å². The van der Waals surface area contributed by atoms with E-state index in [1.807, 2.05) is 45.9 Å². The zero-order valence-electron chi connectivity index (χ0n) is 12.1. The Labute approximate surface area is 114 Å². The Morgan fingerprint density at radius 1 is 1.37 bits per heavy atom. The lowest BCUT2D eigenvalue weighted by Crippen LogP contribution is -2.23. The van der Waals surface area contributed by atoms with Gasteiger partial charge in [0.15, 0.2) is 0 Å². The Morgan fingerprint density at radius 3 is 2.58 bits per heavy atom. The van der Waals surface area contributed by atoms with Crippen molar-refractivity contribution < 1.29 is 14.6 Å². The predicted molar refractivity (Wildman–Crippen MR) is 76.9 cm³/mol. The lowest BCUT2D eigenvalue weighted by Gasteiger charge is -2.22. The summed E-state index contributed by atoms with van der Waals surface area (Å²) in [6, 6.07) is 5.89. The van der Waals surface area contributed by atoms with E-state index in [1.54, 1.807) is 0 Å². The van der Waals surface area contributed by atoms with Crippen LogP contribution in [0.5, 0.6) is 5.75 Å². The topological polar surface area (TPSA) is 58.6 Å². The molecule has 0 saturated heterocycles. The number of aryl methyl sites for hydroxylation is 1. The minimum atomic E-state index is -0.757. The summed E-state index contributed by atoms with van der Waals surface area (Å²) in [5.41, 5.74) is 1.91. The molecule has 1 rings (SSSR count). The highest BCUT2D eigenvalue weighted by Crippen LogP contribution is 2.24. The molecule has 0 aliphatic rings. The smallest absolute Gasteiger partial charge is 0.303 e. The molecule has 0 fully saturated rings. The second-order valence-corrected chi connectivity index (χ2v) is 5.62. The summed E-state index contributed by atoms with van der Waals surface area (Å²) in [5.74, 6) is 0.0912. The number of hydrogen-bond donors (Lipinski definition) is 2. The van der Waals surface area contributed by atoms with E-state index in [1.165, 1.54) is 0 Å². The van der Waals surface area contributed by atoms with Crippen LogP contribution >= 0.6 is 0 Å². The molecule has 0 aliphatic carbocycles. The van der Waals surface area contributed by atoms with Crippen LogP contribution in [0.2, 0.25) is 0 Å². The summed E-state index contributed by atoms with van der Waals surface area (Å²) in [6.45, 7) is 8.71. The number of carboxylic acid groups (broad SMARTS) is 1. The Bertz CT molecular complexity index is 436. The number of carbonyl (C=O) groups is 1. The van der Waals surface area contributed by atoms with Crippen LogP contribution in [0.4, 0.5) is 5.69 Å². The molecule has 4 nitrogen and oxygen atoms in total. The number of ether oxygens (including phenoxy) is 1. The van der Waals surface area contributed by atoms with Gasteiger partial charge in [-0.2, -0.15) is 0 Å². The second-order valence-electron chi connectivity index (χ2n) is 5.62.